The molecule has 1 N–H and O–H groups in total. The van der Waals surface area contributed by atoms with E-state index in [4.69, 9.17) is 9.15 Å². The molecular weight excluding hydrogens is 348 g/mol. The molecule has 2 aromatic rings. The van der Waals surface area contributed by atoms with Crippen LogP contribution in [0.25, 0.3) is 0 Å². The summed E-state index contributed by atoms with van der Waals surface area (Å²) in [5.41, 5.74) is -0.194. The summed E-state index contributed by atoms with van der Waals surface area (Å²) in [6.45, 7) is -0.672. The summed E-state index contributed by atoms with van der Waals surface area (Å²) in [6.07, 6.45) is 0. The largest absolute Gasteiger partial charge is 0.463 e. The quantitative estimate of drug-likeness (QED) is 0.444. The lowest BCUT2D eigenvalue weighted by Crippen LogP contribution is -2.30. The highest BCUT2D eigenvalue weighted by molar-refractivity contribution is 5.96. The molecule has 0 atom stereocenters. The predicted molar refractivity (Wildman–Crippen MR) is 85.3 cm³/mol. The number of rotatable bonds is 7. The number of hydrogen-bond acceptors (Lipinski definition) is 8. The van der Waals surface area contributed by atoms with E-state index in [1.807, 2.05) is 0 Å². The van der Waals surface area contributed by atoms with Crippen molar-refractivity contribution in [3.05, 3.63) is 63.6 Å². The number of nitrogens with one attached hydrogen (secondary N) is 1. The number of furan rings is 1. The summed E-state index contributed by atoms with van der Waals surface area (Å²) in [6, 6.07) is 7.90. The molecule has 10 nitrogen and oxygen atoms in total. The fraction of sp³-hybridized carbons (Fsp3) is 0.188. The molecule has 0 aliphatic carbocycles. The van der Waals surface area contributed by atoms with Crippen LogP contribution < -0.4 is 5.32 Å². The van der Waals surface area contributed by atoms with Crippen LogP contribution in [0.3, 0.4) is 0 Å². The molecule has 0 fully saturated rings. The number of carbonyl (C=O) groups is 3. The van der Waals surface area contributed by atoms with Gasteiger partial charge in [-0.1, -0.05) is 6.07 Å². The third-order valence-corrected chi connectivity index (χ3v) is 3.14. The van der Waals surface area contributed by atoms with Crippen molar-refractivity contribution in [3.63, 3.8) is 0 Å². The number of non-ortho nitro benzene ring substituents is 1. The second-order valence-electron chi connectivity index (χ2n) is 4.91. The third kappa shape index (κ3) is 4.90. The van der Waals surface area contributed by atoms with Gasteiger partial charge in [0, 0.05) is 17.7 Å². The highest BCUT2D eigenvalue weighted by atomic mass is 16.6. The van der Waals surface area contributed by atoms with Gasteiger partial charge >= 0.3 is 11.9 Å². The van der Waals surface area contributed by atoms with E-state index in [1.165, 1.54) is 37.4 Å². The molecule has 136 valence electrons. The molecule has 0 aliphatic heterocycles. The van der Waals surface area contributed by atoms with Crippen LogP contribution >= 0.6 is 0 Å². The Morgan fingerprint density at radius 1 is 1.23 bits per heavy atom. The fourth-order valence-corrected chi connectivity index (χ4v) is 1.88. The van der Waals surface area contributed by atoms with E-state index in [0.29, 0.717) is 0 Å². The van der Waals surface area contributed by atoms with E-state index in [-0.39, 0.29) is 29.4 Å². The molecule has 0 aliphatic rings. The topological polar surface area (TPSA) is 138 Å². The normalized spacial score (nSPS) is 10.0. The zero-order chi connectivity index (χ0) is 19.1. The number of esters is 2. The summed E-state index contributed by atoms with van der Waals surface area (Å²) in [7, 11) is 1.20. The van der Waals surface area contributed by atoms with E-state index in [9.17, 15) is 24.5 Å². The molecule has 26 heavy (non-hydrogen) atoms. The Labute approximate surface area is 146 Å². The second kappa shape index (κ2) is 8.42. The molecule has 10 heteroatoms. The molecule has 0 spiro atoms. The van der Waals surface area contributed by atoms with E-state index in [1.54, 1.807) is 0 Å². The van der Waals surface area contributed by atoms with Gasteiger partial charge in [-0.15, -0.1) is 0 Å². The molecule has 1 heterocycles. The lowest BCUT2D eigenvalue weighted by molar-refractivity contribution is -0.384. The predicted octanol–water partition coefficient (Wildman–Crippen LogP) is 1.45. The van der Waals surface area contributed by atoms with Gasteiger partial charge in [0.1, 0.15) is 18.9 Å². The first kappa shape index (κ1) is 18.6. The van der Waals surface area contributed by atoms with Crippen LogP contribution in [0.4, 0.5) is 5.69 Å². The Morgan fingerprint density at radius 3 is 2.69 bits per heavy atom. The van der Waals surface area contributed by atoms with Crippen molar-refractivity contribution < 1.29 is 33.2 Å². The van der Waals surface area contributed by atoms with Crippen molar-refractivity contribution in [2.24, 2.45) is 0 Å². The number of carbonyl (C=O) groups excluding carboxylic acids is 3. The Kier molecular flexibility index (Phi) is 6.04. The minimum atomic E-state index is -0.750. The van der Waals surface area contributed by atoms with Crippen LogP contribution in [-0.4, -0.2) is 36.4 Å². The lowest BCUT2D eigenvalue weighted by atomic mass is 10.2. The molecule has 0 unspecified atom stereocenters. The first-order chi connectivity index (χ1) is 12.4. The third-order valence-electron chi connectivity index (χ3n) is 3.14. The molecule has 1 aromatic heterocycles. The van der Waals surface area contributed by atoms with E-state index < -0.39 is 29.3 Å². The van der Waals surface area contributed by atoms with Gasteiger partial charge in [-0.2, -0.15) is 0 Å². The molecule has 1 amide bonds. The smallest absolute Gasteiger partial charge is 0.373 e. The minimum Gasteiger partial charge on any atom is -0.463 e. The van der Waals surface area contributed by atoms with Crippen LogP contribution in [0.2, 0.25) is 0 Å². The Balaban J connectivity index is 1.82. The van der Waals surface area contributed by atoms with Crippen LogP contribution in [-0.2, 0) is 20.9 Å². The number of hydrogen-bond donors (Lipinski definition) is 1. The molecule has 0 bridgehead atoms. The van der Waals surface area contributed by atoms with Gasteiger partial charge in [-0.3, -0.25) is 19.7 Å². The Hall–Kier alpha value is -3.69. The van der Waals surface area contributed by atoms with Crippen molar-refractivity contribution in [1.29, 1.82) is 0 Å². The summed E-state index contributed by atoms with van der Waals surface area (Å²) in [5.74, 6) is -1.87. The van der Waals surface area contributed by atoms with Gasteiger partial charge in [0.15, 0.2) is 0 Å². The van der Waals surface area contributed by atoms with Crippen molar-refractivity contribution in [1.82, 2.24) is 5.32 Å². The van der Waals surface area contributed by atoms with Gasteiger partial charge in [0.25, 0.3) is 11.6 Å². The van der Waals surface area contributed by atoms with E-state index >= 15 is 0 Å². The number of nitro benzene ring substituents is 1. The van der Waals surface area contributed by atoms with Gasteiger partial charge in [0.05, 0.1) is 12.0 Å². The van der Waals surface area contributed by atoms with Gasteiger partial charge < -0.3 is 19.2 Å². The maximum Gasteiger partial charge on any atom is 0.373 e. The van der Waals surface area contributed by atoms with Crippen molar-refractivity contribution in [3.8, 4) is 0 Å². The standard InChI is InChI=1S/C16H14N2O8/c1-24-16(21)13-6-5-12(26-13)9-25-14(19)8-17-15(20)10-3-2-4-11(7-10)18(22)23/h2-7H,8-9H2,1H3,(H,17,20). The first-order valence-corrected chi connectivity index (χ1v) is 7.26. The van der Waals surface area contributed by atoms with Crippen molar-refractivity contribution >= 4 is 23.5 Å². The van der Waals surface area contributed by atoms with Crippen LogP contribution in [0.1, 0.15) is 26.7 Å². The Bertz CT molecular complexity index is 842. The number of amides is 1. The maximum absolute atomic E-state index is 11.9. The molecular formula is C16H14N2O8. The van der Waals surface area contributed by atoms with Crippen LogP contribution in [0.15, 0.2) is 40.8 Å². The maximum atomic E-state index is 11.9. The van der Waals surface area contributed by atoms with Crippen molar-refractivity contribution in [2.45, 2.75) is 6.61 Å². The summed E-state index contributed by atoms with van der Waals surface area (Å²) < 4.78 is 14.5. The minimum absolute atomic E-state index is 0.0301. The van der Waals surface area contributed by atoms with Crippen LogP contribution in [0.5, 0.6) is 0 Å². The average molecular weight is 362 g/mol. The number of methoxy groups -OCH3 is 1. The van der Waals surface area contributed by atoms with Gasteiger partial charge in [-0.25, -0.2) is 4.79 Å². The SMILES string of the molecule is COC(=O)c1ccc(COC(=O)CNC(=O)c2cccc([N+](=O)[O-])c2)o1. The number of ether oxygens (including phenoxy) is 2. The highest BCUT2D eigenvalue weighted by Crippen LogP contribution is 2.13. The molecule has 1 aromatic carbocycles. The molecule has 0 saturated carbocycles. The average Bonchev–Trinajstić information content (AvgIpc) is 3.12. The van der Waals surface area contributed by atoms with Crippen LogP contribution in [0, 0.1) is 10.1 Å². The Morgan fingerprint density at radius 2 is 2.00 bits per heavy atom. The summed E-state index contributed by atoms with van der Waals surface area (Å²) >= 11 is 0. The molecule has 2 rings (SSSR count). The second-order valence-corrected chi connectivity index (χ2v) is 4.91. The van der Waals surface area contributed by atoms with E-state index in [0.717, 1.165) is 6.07 Å². The van der Waals surface area contributed by atoms with Gasteiger partial charge in [0.2, 0.25) is 5.76 Å². The zero-order valence-corrected chi connectivity index (χ0v) is 13.6. The van der Waals surface area contributed by atoms with Gasteiger partial charge in [-0.05, 0) is 18.2 Å². The molecule has 0 saturated heterocycles. The summed E-state index contributed by atoms with van der Waals surface area (Å²) in [5, 5.41) is 13.0. The van der Waals surface area contributed by atoms with Crippen molar-refractivity contribution in [2.75, 3.05) is 13.7 Å². The highest BCUT2D eigenvalue weighted by Gasteiger charge is 2.14. The number of nitro groups is 1. The fourth-order valence-electron chi connectivity index (χ4n) is 1.88. The monoisotopic (exact) mass is 362 g/mol. The molecule has 0 radical (unpaired) electrons. The van der Waals surface area contributed by atoms with E-state index in [2.05, 4.69) is 10.1 Å². The number of benzene rings is 1. The summed E-state index contributed by atoms with van der Waals surface area (Å²) in [4.78, 5) is 44.8. The lowest BCUT2D eigenvalue weighted by Gasteiger charge is -2.05. The number of nitrogens with zero attached hydrogens (tertiary/aromatic N) is 1. The first-order valence-electron chi connectivity index (χ1n) is 7.26. The zero-order valence-electron chi connectivity index (χ0n) is 13.6.